The Hall–Kier alpha value is -8.20. The molecule has 2 aromatic heterocycles. The maximum absolute atomic E-state index is 9.37. The second-order valence-corrected chi connectivity index (χ2v) is 19.4. The standard InChI is InChI=1S/C62H46N4O/c1-61(2)31-32-62(3,4)55-36-44(29-30-54(55)61)41-21-25-42(26-22-41)51-34-46(35-52-50-15-9-10-16-56(50)67-57(51)52)59-64-58(43-27-23-40(24-28-43)39-19-17-38(37-63)18-20-39)65-60(66-59)53-33-45-11-5-6-12-47(45)48-13-7-8-14-49(48)53/h5-30,33-36H,31-32H2,1-4H3. The fourth-order valence-corrected chi connectivity index (χ4v) is 10.3. The van der Waals surface area contributed by atoms with Crippen LogP contribution in [-0.2, 0) is 10.8 Å². The number of nitriles is 1. The average molecular weight is 863 g/mol. The molecule has 11 aromatic rings. The van der Waals surface area contributed by atoms with E-state index in [-0.39, 0.29) is 10.8 Å². The van der Waals surface area contributed by atoms with Crippen molar-refractivity contribution < 1.29 is 4.42 Å². The molecule has 320 valence electrons. The molecule has 5 heteroatoms. The molecule has 0 aliphatic heterocycles. The molecular formula is C62H46N4O. The third kappa shape index (κ3) is 6.96. The summed E-state index contributed by atoms with van der Waals surface area (Å²) in [4.78, 5) is 15.9. The molecule has 2 heterocycles. The van der Waals surface area contributed by atoms with E-state index < -0.39 is 0 Å². The SMILES string of the molecule is CC1(C)CCC(C)(C)c2cc(-c3ccc(-c4cc(-c5nc(-c6ccc(-c7ccc(C#N)cc7)cc6)nc(-c6cc7ccccc7c7ccccc67)n5)cc5c4oc4ccccc45)cc3)ccc21. The number of aromatic nitrogens is 3. The Bertz CT molecular complexity index is 3800. The van der Waals surface area contributed by atoms with Crippen LogP contribution in [0.4, 0.5) is 0 Å². The van der Waals surface area contributed by atoms with Gasteiger partial charge in [-0.05, 0) is 121 Å². The first-order chi connectivity index (χ1) is 32.6. The smallest absolute Gasteiger partial charge is 0.164 e. The lowest BCUT2D eigenvalue weighted by molar-refractivity contribution is 0.332. The molecule has 0 unspecified atom stereocenters. The number of rotatable bonds is 6. The lowest BCUT2D eigenvalue weighted by Gasteiger charge is -2.42. The largest absolute Gasteiger partial charge is 0.455 e. The Balaban J connectivity index is 1.03. The van der Waals surface area contributed by atoms with Crippen molar-refractivity contribution in [3.05, 3.63) is 199 Å². The Morgan fingerprint density at radius 1 is 0.418 bits per heavy atom. The molecule has 0 atom stereocenters. The zero-order valence-electron chi connectivity index (χ0n) is 37.9. The van der Waals surface area contributed by atoms with Crippen LogP contribution >= 0.6 is 0 Å². The summed E-state index contributed by atoms with van der Waals surface area (Å²) < 4.78 is 6.72. The van der Waals surface area contributed by atoms with E-state index in [4.69, 9.17) is 19.4 Å². The van der Waals surface area contributed by atoms with Gasteiger partial charge in [0.05, 0.1) is 11.6 Å². The molecule has 12 rings (SSSR count). The fraction of sp³-hybridized carbons (Fsp3) is 0.129. The van der Waals surface area contributed by atoms with Gasteiger partial charge < -0.3 is 4.42 Å². The van der Waals surface area contributed by atoms with Gasteiger partial charge in [-0.1, -0.05) is 173 Å². The van der Waals surface area contributed by atoms with Gasteiger partial charge in [-0.2, -0.15) is 5.26 Å². The molecule has 1 aliphatic rings. The van der Waals surface area contributed by atoms with E-state index in [0.717, 1.165) is 77.0 Å². The first-order valence-electron chi connectivity index (χ1n) is 23.1. The molecule has 0 radical (unpaired) electrons. The van der Waals surface area contributed by atoms with Crippen molar-refractivity contribution in [2.45, 2.75) is 51.4 Å². The second-order valence-electron chi connectivity index (χ2n) is 19.4. The number of hydrogen-bond acceptors (Lipinski definition) is 5. The summed E-state index contributed by atoms with van der Waals surface area (Å²) in [5.41, 5.74) is 14.7. The van der Waals surface area contributed by atoms with Gasteiger partial charge in [0.15, 0.2) is 17.5 Å². The van der Waals surface area contributed by atoms with Crippen LogP contribution in [0, 0.1) is 11.3 Å². The second kappa shape index (κ2) is 15.5. The number of hydrogen-bond donors (Lipinski definition) is 0. The van der Waals surface area contributed by atoms with Crippen molar-refractivity contribution in [3.8, 4) is 73.6 Å². The highest BCUT2D eigenvalue weighted by Gasteiger charge is 2.37. The van der Waals surface area contributed by atoms with Crippen LogP contribution in [0.5, 0.6) is 0 Å². The zero-order chi connectivity index (χ0) is 45.4. The summed E-state index contributed by atoms with van der Waals surface area (Å²) in [5.74, 6) is 1.74. The number of furan rings is 1. The quantitative estimate of drug-likeness (QED) is 0.156. The summed E-state index contributed by atoms with van der Waals surface area (Å²) in [5, 5.41) is 15.9. The number of benzene rings is 9. The molecule has 0 saturated carbocycles. The normalized spacial score (nSPS) is 14.1. The van der Waals surface area contributed by atoms with Crippen molar-refractivity contribution in [2.24, 2.45) is 0 Å². The first-order valence-corrected chi connectivity index (χ1v) is 23.1. The average Bonchev–Trinajstić information content (AvgIpc) is 3.76. The third-order valence-electron chi connectivity index (χ3n) is 14.3. The molecule has 9 aromatic carbocycles. The van der Waals surface area contributed by atoms with Crippen LogP contribution in [0.15, 0.2) is 186 Å². The maximum atomic E-state index is 9.37. The van der Waals surface area contributed by atoms with Gasteiger partial charge in [0.2, 0.25) is 0 Å². The van der Waals surface area contributed by atoms with Crippen LogP contribution in [0.3, 0.4) is 0 Å². The van der Waals surface area contributed by atoms with Gasteiger partial charge in [-0.15, -0.1) is 0 Å². The summed E-state index contributed by atoms with van der Waals surface area (Å²) in [6.45, 7) is 9.53. The van der Waals surface area contributed by atoms with Gasteiger partial charge in [-0.25, -0.2) is 15.0 Å². The lowest BCUT2D eigenvalue weighted by Crippen LogP contribution is -2.33. The minimum Gasteiger partial charge on any atom is -0.455 e. The number of para-hydroxylation sites is 1. The predicted molar refractivity (Wildman–Crippen MR) is 275 cm³/mol. The van der Waals surface area contributed by atoms with Crippen LogP contribution in [0.1, 0.15) is 57.2 Å². The van der Waals surface area contributed by atoms with Crippen LogP contribution in [0.25, 0.3) is 111 Å². The molecular weight excluding hydrogens is 817 g/mol. The van der Waals surface area contributed by atoms with E-state index in [0.29, 0.717) is 23.0 Å². The van der Waals surface area contributed by atoms with E-state index in [2.05, 4.69) is 179 Å². The molecule has 0 bridgehead atoms. The Labute approximate surface area is 390 Å². The monoisotopic (exact) mass is 862 g/mol. The lowest BCUT2D eigenvalue weighted by atomic mass is 9.63. The number of nitrogens with zero attached hydrogens (tertiary/aromatic N) is 4. The molecule has 0 amide bonds. The summed E-state index contributed by atoms with van der Waals surface area (Å²) in [7, 11) is 0. The predicted octanol–water partition coefficient (Wildman–Crippen LogP) is 16.3. The summed E-state index contributed by atoms with van der Waals surface area (Å²) in [6, 6.07) is 66.0. The zero-order valence-corrected chi connectivity index (χ0v) is 37.9. The van der Waals surface area contributed by atoms with Crippen LogP contribution < -0.4 is 0 Å². The first kappa shape index (κ1) is 40.3. The topological polar surface area (TPSA) is 75.6 Å². The molecule has 67 heavy (non-hydrogen) atoms. The van der Waals surface area contributed by atoms with E-state index >= 15 is 0 Å². The Kier molecular flexibility index (Phi) is 9.31. The van der Waals surface area contributed by atoms with Crippen molar-refractivity contribution >= 4 is 43.5 Å². The van der Waals surface area contributed by atoms with Crippen molar-refractivity contribution in [2.75, 3.05) is 0 Å². The van der Waals surface area contributed by atoms with Gasteiger partial charge >= 0.3 is 0 Å². The molecule has 1 aliphatic carbocycles. The maximum Gasteiger partial charge on any atom is 0.164 e. The van der Waals surface area contributed by atoms with E-state index in [1.165, 1.54) is 40.5 Å². The fourth-order valence-electron chi connectivity index (χ4n) is 10.3. The van der Waals surface area contributed by atoms with Gasteiger partial charge in [-0.3, -0.25) is 0 Å². The highest BCUT2D eigenvalue weighted by Crippen LogP contribution is 2.47. The van der Waals surface area contributed by atoms with Crippen molar-refractivity contribution in [1.82, 2.24) is 15.0 Å². The van der Waals surface area contributed by atoms with E-state index in [1.807, 2.05) is 36.4 Å². The Morgan fingerprint density at radius 2 is 0.955 bits per heavy atom. The van der Waals surface area contributed by atoms with Crippen LogP contribution in [-0.4, -0.2) is 15.0 Å². The molecule has 0 N–H and O–H groups in total. The van der Waals surface area contributed by atoms with Gasteiger partial charge in [0.1, 0.15) is 11.2 Å². The molecule has 0 fully saturated rings. The molecule has 0 spiro atoms. The van der Waals surface area contributed by atoms with Gasteiger partial charge in [0.25, 0.3) is 0 Å². The van der Waals surface area contributed by atoms with E-state index in [9.17, 15) is 5.26 Å². The van der Waals surface area contributed by atoms with Crippen molar-refractivity contribution in [1.29, 1.82) is 5.26 Å². The van der Waals surface area contributed by atoms with E-state index in [1.54, 1.807) is 0 Å². The highest BCUT2D eigenvalue weighted by molar-refractivity contribution is 6.14. The third-order valence-corrected chi connectivity index (χ3v) is 14.3. The Morgan fingerprint density at radius 3 is 1.67 bits per heavy atom. The number of fused-ring (bicyclic) bond motifs is 7. The molecule has 0 saturated heterocycles. The molecule has 5 nitrogen and oxygen atoms in total. The minimum atomic E-state index is 0.125. The summed E-state index contributed by atoms with van der Waals surface area (Å²) >= 11 is 0. The highest BCUT2D eigenvalue weighted by atomic mass is 16.3. The summed E-state index contributed by atoms with van der Waals surface area (Å²) in [6.07, 6.45) is 2.37. The van der Waals surface area contributed by atoms with Gasteiger partial charge in [0, 0.05) is 33.0 Å². The van der Waals surface area contributed by atoms with Crippen molar-refractivity contribution in [3.63, 3.8) is 0 Å². The van der Waals surface area contributed by atoms with Crippen LogP contribution in [0.2, 0.25) is 0 Å². The minimum absolute atomic E-state index is 0.125.